The van der Waals surface area contributed by atoms with Gasteiger partial charge in [0.1, 0.15) is 4.75 Å². The molecule has 0 bridgehead atoms. The first-order valence-electron chi connectivity index (χ1n) is 7.74. The maximum absolute atomic E-state index is 12.5. The average molecular weight is 344 g/mol. The Hall–Kier alpha value is -0.620. The third-order valence-electron chi connectivity index (χ3n) is 4.92. The standard InChI is InChI=1S/C16H22ClNO3S/c1-2-21-10-14-7-8-22(19,20)16(14)11-18(12-16)9-13-3-5-15(17)6-4-13/h3-6,14H,2,7-12H2,1H3/t14-/m1/s1. The van der Waals surface area contributed by atoms with E-state index in [1.807, 2.05) is 31.2 Å². The first-order valence-corrected chi connectivity index (χ1v) is 9.77. The van der Waals surface area contributed by atoms with E-state index in [0.29, 0.717) is 32.1 Å². The summed E-state index contributed by atoms with van der Waals surface area (Å²) in [5.41, 5.74) is 1.16. The Labute approximate surface area is 137 Å². The molecule has 2 heterocycles. The molecule has 0 unspecified atom stereocenters. The van der Waals surface area contributed by atoms with Crippen LogP contribution in [0.2, 0.25) is 5.02 Å². The third kappa shape index (κ3) is 2.80. The fourth-order valence-electron chi connectivity index (χ4n) is 3.64. The number of ether oxygens (including phenoxy) is 1. The monoisotopic (exact) mass is 343 g/mol. The van der Waals surface area contributed by atoms with E-state index in [1.54, 1.807) is 0 Å². The molecule has 122 valence electrons. The van der Waals surface area contributed by atoms with Gasteiger partial charge in [0, 0.05) is 37.2 Å². The highest BCUT2D eigenvalue weighted by Gasteiger charge is 2.61. The van der Waals surface area contributed by atoms with Crippen LogP contribution in [0, 0.1) is 5.92 Å². The summed E-state index contributed by atoms with van der Waals surface area (Å²) < 4.78 is 29.9. The van der Waals surface area contributed by atoms with Crippen molar-refractivity contribution in [3.63, 3.8) is 0 Å². The Balaban J connectivity index is 1.66. The van der Waals surface area contributed by atoms with Crippen LogP contribution < -0.4 is 0 Å². The molecule has 1 atom stereocenters. The highest BCUT2D eigenvalue weighted by atomic mass is 35.5. The molecule has 2 saturated heterocycles. The number of hydrogen-bond acceptors (Lipinski definition) is 4. The van der Waals surface area contributed by atoms with Gasteiger partial charge in [-0.25, -0.2) is 8.42 Å². The topological polar surface area (TPSA) is 46.6 Å². The maximum Gasteiger partial charge on any atom is 0.158 e. The second kappa shape index (κ2) is 6.11. The van der Waals surface area contributed by atoms with Crippen molar-refractivity contribution in [1.29, 1.82) is 0 Å². The van der Waals surface area contributed by atoms with Crippen LogP contribution in [0.1, 0.15) is 18.9 Å². The molecule has 0 radical (unpaired) electrons. The molecule has 2 aliphatic heterocycles. The Kier molecular flexibility index (Phi) is 4.52. The Bertz CT molecular complexity index is 623. The zero-order valence-corrected chi connectivity index (χ0v) is 14.4. The molecule has 0 N–H and O–H groups in total. The van der Waals surface area contributed by atoms with Gasteiger partial charge >= 0.3 is 0 Å². The summed E-state index contributed by atoms with van der Waals surface area (Å²) in [6.07, 6.45) is 0.733. The minimum atomic E-state index is -3.00. The van der Waals surface area contributed by atoms with E-state index in [4.69, 9.17) is 16.3 Å². The number of nitrogens with zero attached hydrogens (tertiary/aromatic N) is 1. The van der Waals surface area contributed by atoms with Gasteiger partial charge in [-0.05, 0) is 31.0 Å². The van der Waals surface area contributed by atoms with Gasteiger partial charge < -0.3 is 4.74 Å². The number of sulfone groups is 1. The first-order chi connectivity index (χ1) is 10.5. The molecule has 0 aliphatic carbocycles. The molecule has 6 heteroatoms. The van der Waals surface area contributed by atoms with E-state index in [0.717, 1.165) is 23.6 Å². The van der Waals surface area contributed by atoms with Gasteiger partial charge in [-0.3, -0.25) is 4.90 Å². The van der Waals surface area contributed by atoms with Gasteiger partial charge in [-0.2, -0.15) is 0 Å². The van der Waals surface area contributed by atoms with Crippen LogP contribution in [-0.4, -0.2) is 50.1 Å². The number of likely N-dealkylation sites (tertiary alicyclic amines) is 1. The number of hydrogen-bond donors (Lipinski definition) is 0. The van der Waals surface area contributed by atoms with Gasteiger partial charge in [0.15, 0.2) is 9.84 Å². The zero-order chi connectivity index (χ0) is 15.8. The molecule has 2 fully saturated rings. The predicted molar refractivity (Wildman–Crippen MR) is 87.8 cm³/mol. The molecule has 1 aromatic carbocycles. The number of rotatable bonds is 5. The highest BCUT2D eigenvalue weighted by Crippen LogP contribution is 2.45. The molecule has 4 nitrogen and oxygen atoms in total. The van der Waals surface area contributed by atoms with Gasteiger partial charge in [0.05, 0.1) is 12.4 Å². The smallest absolute Gasteiger partial charge is 0.158 e. The van der Waals surface area contributed by atoms with E-state index in [9.17, 15) is 8.42 Å². The average Bonchev–Trinajstić information content (AvgIpc) is 2.70. The molecule has 3 rings (SSSR count). The fourth-order valence-corrected chi connectivity index (χ4v) is 6.22. The van der Waals surface area contributed by atoms with Crippen LogP contribution >= 0.6 is 11.6 Å². The second-order valence-corrected chi connectivity index (χ2v) is 9.19. The van der Waals surface area contributed by atoms with Crippen molar-refractivity contribution in [2.75, 3.05) is 32.1 Å². The lowest BCUT2D eigenvalue weighted by atomic mass is 9.83. The molecular weight excluding hydrogens is 322 g/mol. The lowest BCUT2D eigenvalue weighted by molar-refractivity contribution is 0.0292. The van der Waals surface area contributed by atoms with E-state index in [2.05, 4.69) is 4.90 Å². The van der Waals surface area contributed by atoms with Crippen molar-refractivity contribution in [1.82, 2.24) is 4.90 Å². The molecule has 1 aromatic rings. The molecular formula is C16H22ClNO3S. The number of halogens is 1. The van der Waals surface area contributed by atoms with Crippen molar-refractivity contribution in [2.45, 2.75) is 24.6 Å². The summed E-state index contributed by atoms with van der Waals surface area (Å²) in [5.74, 6) is 0.443. The summed E-state index contributed by atoms with van der Waals surface area (Å²) in [4.78, 5) is 2.20. The molecule has 0 saturated carbocycles. The van der Waals surface area contributed by atoms with Gasteiger partial charge in [-0.15, -0.1) is 0 Å². The Morgan fingerprint density at radius 2 is 2.00 bits per heavy atom. The summed E-state index contributed by atoms with van der Waals surface area (Å²) in [6.45, 7) is 5.16. The van der Waals surface area contributed by atoms with Gasteiger partial charge in [-0.1, -0.05) is 23.7 Å². The minimum Gasteiger partial charge on any atom is -0.381 e. The molecule has 0 aromatic heterocycles. The largest absolute Gasteiger partial charge is 0.381 e. The van der Waals surface area contributed by atoms with E-state index >= 15 is 0 Å². The molecule has 2 aliphatic rings. The first kappa shape index (κ1) is 16.2. The van der Waals surface area contributed by atoms with Crippen LogP contribution in [0.3, 0.4) is 0 Å². The fraction of sp³-hybridized carbons (Fsp3) is 0.625. The normalized spacial score (nSPS) is 26.2. The van der Waals surface area contributed by atoms with Gasteiger partial charge in [0.25, 0.3) is 0 Å². The lowest BCUT2D eigenvalue weighted by Gasteiger charge is -2.50. The van der Waals surface area contributed by atoms with E-state index in [-0.39, 0.29) is 5.92 Å². The second-order valence-electron chi connectivity index (χ2n) is 6.30. The van der Waals surface area contributed by atoms with E-state index < -0.39 is 14.6 Å². The van der Waals surface area contributed by atoms with E-state index in [1.165, 1.54) is 0 Å². The van der Waals surface area contributed by atoms with Crippen molar-refractivity contribution < 1.29 is 13.2 Å². The summed E-state index contributed by atoms with van der Waals surface area (Å²) in [6, 6.07) is 7.73. The molecule has 0 amide bonds. The van der Waals surface area contributed by atoms with Crippen molar-refractivity contribution in [3.8, 4) is 0 Å². The van der Waals surface area contributed by atoms with Crippen molar-refractivity contribution >= 4 is 21.4 Å². The van der Waals surface area contributed by atoms with Crippen molar-refractivity contribution in [2.24, 2.45) is 5.92 Å². The molecule has 22 heavy (non-hydrogen) atoms. The summed E-state index contributed by atoms with van der Waals surface area (Å²) >= 11 is 5.89. The SMILES string of the molecule is CCOC[C@H]1CCS(=O)(=O)C12CN(Cc1ccc(Cl)cc1)C2. The Morgan fingerprint density at radius 1 is 1.32 bits per heavy atom. The zero-order valence-electron chi connectivity index (χ0n) is 12.8. The van der Waals surface area contributed by atoms with Crippen LogP contribution in [0.15, 0.2) is 24.3 Å². The third-order valence-corrected chi connectivity index (χ3v) is 7.78. The maximum atomic E-state index is 12.5. The number of benzene rings is 1. The van der Waals surface area contributed by atoms with Crippen LogP contribution in [0.25, 0.3) is 0 Å². The summed E-state index contributed by atoms with van der Waals surface area (Å²) in [7, 11) is -3.00. The minimum absolute atomic E-state index is 0.138. The van der Waals surface area contributed by atoms with Crippen LogP contribution in [0.5, 0.6) is 0 Å². The molecule has 1 spiro atoms. The van der Waals surface area contributed by atoms with Gasteiger partial charge in [0.2, 0.25) is 0 Å². The van der Waals surface area contributed by atoms with Crippen molar-refractivity contribution in [3.05, 3.63) is 34.9 Å². The lowest BCUT2D eigenvalue weighted by Crippen LogP contribution is -2.67. The predicted octanol–water partition coefficient (Wildman–Crippen LogP) is 2.37. The summed E-state index contributed by atoms with van der Waals surface area (Å²) in [5, 5.41) is 0.721. The highest BCUT2D eigenvalue weighted by molar-refractivity contribution is 7.93. The van der Waals surface area contributed by atoms with Crippen LogP contribution in [-0.2, 0) is 21.1 Å². The quantitative estimate of drug-likeness (QED) is 0.823. The van der Waals surface area contributed by atoms with Crippen LogP contribution in [0.4, 0.5) is 0 Å². The Morgan fingerprint density at radius 3 is 2.64 bits per heavy atom.